The molecule has 5 rings (SSSR count). The molecule has 6 heteroatoms. The lowest BCUT2D eigenvalue weighted by molar-refractivity contribution is 0.0498. The number of aromatic nitrogens is 3. The van der Waals surface area contributed by atoms with Crippen LogP contribution in [0.25, 0.3) is 0 Å². The molecule has 0 N–H and O–H groups in total. The van der Waals surface area contributed by atoms with Gasteiger partial charge in [0.15, 0.2) is 0 Å². The van der Waals surface area contributed by atoms with E-state index in [-0.39, 0.29) is 11.9 Å². The number of carbonyl (C=O) groups is 1. The van der Waals surface area contributed by atoms with Crippen LogP contribution in [-0.4, -0.2) is 38.9 Å². The molecule has 2 heterocycles. The zero-order valence-corrected chi connectivity index (χ0v) is 15.6. The fraction of sp³-hybridized carbons (Fsp3) is 0.318. The molecule has 0 atom stereocenters. The van der Waals surface area contributed by atoms with Crippen molar-refractivity contribution < 1.29 is 9.53 Å². The number of ether oxygens (including phenoxy) is 1. The van der Waals surface area contributed by atoms with Crippen molar-refractivity contribution in [3.05, 3.63) is 77.6 Å². The average Bonchev–Trinajstić information content (AvgIpc) is 3.44. The minimum absolute atomic E-state index is 0.0314. The van der Waals surface area contributed by atoms with E-state index in [1.54, 1.807) is 0 Å². The molecule has 0 bridgehead atoms. The van der Waals surface area contributed by atoms with Crippen LogP contribution in [0.4, 0.5) is 0 Å². The summed E-state index contributed by atoms with van der Waals surface area (Å²) in [7, 11) is 0. The molecule has 1 aliphatic heterocycles. The van der Waals surface area contributed by atoms with Crippen molar-refractivity contribution in [3.63, 3.8) is 0 Å². The van der Waals surface area contributed by atoms with Gasteiger partial charge in [-0.25, -0.2) is 4.68 Å². The molecule has 1 aromatic heterocycles. The lowest BCUT2D eigenvalue weighted by atomic mass is 10.1. The van der Waals surface area contributed by atoms with Crippen LogP contribution in [-0.2, 0) is 6.61 Å². The number of carbonyl (C=O) groups excluding carboxylic acids is 1. The minimum Gasteiger partial charge on any atom is -0.489 e. The summed E-state index contributed by atoms with van der Waals surface area (Å²) in [6.45, 7) is 1.82. The van der Waals surface area contributed by atoms with Crippen LogP contribution in [0.3, 0.4) is 0 Å². The first-order chi connectivity index (χ1) is 13.8. The molecular weight excluding hydrogens is 352 g/mol. The quantitative estimate of drug-likeness (QED) is 0.663. The predicted octanol–water partition coefficient (Wildman–Crippen LogP) is 3.43. The highest BCUT2D eigenvalue weighted by atomic mass is 16.5. The molecule has 3 aromatic rings. The van der Waals surface area contributed by atoms with Crippen molar-refractivity contribution >= 4 is 5.91 Å². The van der Waals surface area contributed by atoms with Crippen molar-refractivity contribution in [1.82, 2.24) is 19.9 Å². The Bertz CT molecular complexity index is 975. The van der Waals surface area contributed by atoms with E-state index in [9.17, 15) is 4.79 Å². The van der Waals surface area contributed by atoms with Crippen LogP contribution in [0, 0.1) is 0 Å². The third-order valence-corrected chi connectivity index (χ3v) is 5.38. The van der Waals surface area contributed by atoms with Crippen molar-refractivity contribution in [3.8, 4) is 5.75 Å². The molecular formula is C22H22N4O2. The van der Waals surface area contributed by atoms with Crippen LogP contribution in [0.15, 0.2) is 60.8 Å². The van der Waals surface area contributed by atoms with Crippen LogP contribution >= 0.6 is 0 Å². The second-order valence-corrected chi connectivity index (χ2v) is 7.56. The van der Waals surface area contributed by atoms with Gasteiger partial charge in [0.1, 0.15) is 12.4 Å². The third-order valence-electron chi connectivity index (χ3n) is 5.38. The van der Waals surface area contributed by atoms with Gasteiger partial charge in [0.25, 0.3) is 5.91 Å². The fourth-order valence-electron chi connectivity index (χ4n) is 3.47. The summed E-state index contributed by atoms with van der Waals surface area (Å²) in [5, 5.41) is 8.50. The third kappa shape index (κ3) is 3.50. The van der Waals surface area contributed by atoms with E-state index in [2.05, 4.69) is 10.3 Å². The fourth-order valence-corrected chi connectivity index (χ4v) is 3.47. The molecule has 0 spiro atoms. The zero-order valence-electron chi connectivity index (χ0n) is 15.6. The normalized spacial score (nSPS) is 16.6. The van der Waals surface area contributed by atoms with E-state index in [0.717, 1.165) is 11.3 Å². The largest absolute Gasteiger partial charge is 0.489 e. The minimum atomic E-state index is 0.0314. The van der Waals surface area contributed by atoms with Gasteiger partial charge in [0, 0.05) is 30.8 Å². The Kier molecular flexibility index (Phi) is 4.31. The van der Waals surface area contributed by atoms with E-state index in [4.69, 9.17) is 4.74 Å². The topological polar surface area (TPSA) is 60.2 Å². The van der Waals surface area contributed by atoms with Gasteiger partial charge in [-0.3, -0.25) is 4.79 Å². The monoisotopic (exact) mass is 374 g/mol. The molecule has 6 nitrogen and oxygen atoms in total. The van der Waals surface area contributed by atoms with E-state index in [1.165, 1.54) is 12.8 Å². The van der Waals surface area contributed by atoms with E-state index in [0.29, 0.717) is 36.9 Å². The highest BCUT2D eigenvalue weighted by Gasteiger charge is 2.34. The Morgan fingerprint density at radius 3 is 2.68 bits per heavy atom. The number of nitrogens with zero attached hydrogens (tertiary/aromatic N) is 4. The lowest BCUT2D eigenvalue weighted by Gasteiger charge is -2.38. The molecule has 1 saturated heterocycles. The molecule has 2 fully saturated rings. The zero-order chi connectivity index (χ0) is 18.9. The summed E-state index contributed by atoms with van der Waals surface area (Å²) >= 11 is 0. The lowest BCUT2D eigenvalue weighted by Crippen LogP contribution is -2.50. The van der Waals surface area contributed by atoms with Crippen molar-refractivity contribution in [1.29, 1.82) is 0 Å². The average molecular weight is 374 g/mol. The number of rotatable bonds is 6. The predicted molar refractivity (Wildman–Crippen MR) is 104 cm³/mol. The van der Waals surface area contributed by atoms with Gasteiger partial charge in [-0.2, -0.15) is 0 Å². The molecule has 0 unspecified atom stereocenters. The van der Waals surface area contributed by atoms with Gasteiger partial charge in [0.2, 0.25) is 0 Å². The van der Waals surface area contributed by atoms with Gasteiger partial charge >= 0.3 is 0 Å². The van der Waals surface area contributed by atoms with Gasteiger partial charge in [-0.1, -0.05) is 41.6 Å². The Morgan fingerprint density at radius 2 is 1.89 bits per heavy atom. The summed E-state index contributed by atoms with van der Waals surface area (Å²) in [4.78, 5) is 14.6. The van der Waals surface area contributed by atoms with Crippen molar-refractivity contribution in [2.75, 3.05) is 13.1 Å². The molecule has 0 radical (unpaired) electrons. The maximum absolute atomic E-state index is 12.8. The highest BCUT2D eigenvalue weighted by molar-refractivity contribution is 5.95. The molecule has 1 amide bonds. The Morgan fingerprint density at radius 1 is 1.07 bits per heavy atom. The summed E-state index contributed by atoms with van der Waals surface area (Å²) in [6.07, 6.45) is 4.48. The van der Waals surface area contributed by atoms with Gasteiger partial charge in [-0.15, -0.1) is 5.10 Å². The summed E-state index contributed by atoms with van der Waals surface area (Å²) in [5.41, 5.74) is 2.84. The van der Waals surface area contributed by atoms with Gasteiger partial charge in [-0.05, 0) is 36.6 Å². The van der Waals surface area contributed by atoms with Gasteiger partial charge in [0.05, 0.1) is 11.7 Å². The van der Waals surface area contributed by atoms with Crippen molar-refractivity contribution in [2.24, 2.45) is 0 Å². The first-order valence-corrected chi connectivity index (χ1v) is 9.74. The maximum atomic E-state index is 12.8. The van der Waals surface area contributed by atoms with Crippen LogP contribution < -0.4 is 4.74 Å². The van der Waals surface area contributed by atoms with E-state index < -0.39 is 0 Å². The first-order valence-electron chi connectivity index (χ1n) is 9.74. The summed E-state index contributed by atoms with van der Waals surface area (Å²) in [6, 6.07) is 17.6. The summed E-state index contributed by atoms with van der Waals surface area (Å²) in [5.74, 6) is 1.34. The molecule has 2 aromatic carbocycles. The number of hydrogen-bond acceptors (Lipinski definition) is 4. The number of likely N-dealkylation sites (tertiary alicyclic amines) is 1. The molecule has 142 valence electrons. The smallest absolute Gasteiger partial charge is 0.254 e. The molecule has 2 aliphatic rings. The van der Waals surface area contributed by atoms with Crippen LogP contribution in [0.2, 0.25) is 0 Å². The van der Waals surface area contributed by atoms with E-state index in [1.807, 2.05) is 70.4 Å². The number of amides is 1. The summed E-state index contributed by atoms with van der Waals surface area (Å²) < 4.78 is 7.76. The molecule has 28 heavy (non-hydrogen) atoms. The maximum Gasteiger partial charge on any atom is 0.254 e. The standard InChI is InChI=1S/C22H22N4O2/c27-22(25-12-19(13-25)26-14-21(23-24-26)17-9-10-17)18-7-4-8-20(11-18)28-15-16-5-2-1-3-6-16/h1-8,11,14,17,19H,9-10,12-13,15H2. The Labute approximate surface area is 163 Å². The van der Waals surface area contributed by atoms with Crippen LogP contribution in [0.5, 0.6) is 5.75 Å². The van der Waals surface area contributed by atoms with Gasteiger partial charge < -0.3 is 9.64 Å². The Hall–Kier alpha value is -3.15. The van der Waals surface area contributed by atoms with Crippen LogP contribution in [0.1, 0.15) is 46.4 Å². The van der Waals surface area contributed by atoms with E-state index >= 15 is 0 Å². The molecule has 1 aliphatic carbocycles. The highest BCUT2D eigenvalue weighted by Crippen LogP contribution is 2.39. The number of benzene rings is 2. The first kappa shape index (κ1) is 17.0. The second-order valence-electron chi connectivity index (χ2n) is 7.56. The van der Waals surface area contributed by atoms with Crippen molar-refractivity contribution in [2.45, 2.75) is 31.4 Å². The second kappa shape index (κ2) is 7.11. The Balaban J connectivity index is 1.19. The number of hydrogen-bond donors (Lipinski definition) is 0. The molecule has 1 saturated carbocycles. The SMILES string of the molecule is O=C(c1cccc(OCc2ccccc2)c1)N1CC(n2cc(C3CC3)nn2)C1.